The Morgan fingerprint density at radius 1 is 1.00 bits per heavy atom. The standard InChI is InChI=1S/C14H24N2/c1-4-15-9-10-16-11-13-5-7-14(8-6-13)12(2)3/h5-8,12,15-16H,4,9-11H2,1-3H3. The van der Waals surface area contributed by atoms with Gasteiger partial charge in [-0.25, -0.2) is 0 Å². The second kappa shape index (κ2) is 7.42. The molecule has 0 saturated heterocycles. The Balaban J connectivity index is 2.27. The topological polar surface area (TPSA) is 24.1 Å². The maximum atomic E-state index is 3.42. The third-order valence-electron chi connectivity index (χ3n) is 2.70. The van der Waals surface area contributed by atoms with Crippen molar-refractivity contribution in [3.05, 3.63) is 35.4 Å². The van der Waals surface area contributed by atoms with Crippen molar-refractivity contribution >= 4 is 0 Å². The predicted molar refractivity (Wildman–Crippen MR) is 70.8 cm³/mol. The molecule has 2 nitrogen and oxygen atoms in total. The normalized spacial score (nSPS) is 11.0. The van der Waals surface area contributed by atoms with E-state index < -0.39 is 0 Å². The first-order chi connectivity index (χ1) is 7.74. The van der Waals surface area contributed by atoms with E-state index in [1.807, 2.05) is 0 Å². The molecule has 0 radical (unpaired) electrons. The highest BCUT2D eigenvalue weighted by molar-refractivity contribution is 5.24. The zero-order chi connectivity index (χ0) is 11.8. The number of nitrogens with one attached hydrogen (secondary N) is 2. The lowest BCUT2D eigenvalue weighted by Gasteiger charge is -2.08. The molecule has 0 bridgehead atoms. The van der Waals surface area contributed by atoms with E-state index in [1.165, 1.54) is 11.1 Å². The summed E-state index contributed by atoms with van der Waals surface area (Å²) in [5.74, 6) is 0.621. The van der Waals surface area contributed by atoms with Gasteiger partial charge in [0.05, 0.1) is 0 Å². The Bertz CT molecular complexity index is 277. The minimum Gasteiger partial charge on any atom is -0.316 e. The van der Waals surface area contributed by atoms with Crippen molar-refractivity contribution < 1.29 is 0 Å². The largest absolute Gasteiger partial charge is 0.316 e. The van der Waals surface area contributed by atoms with Crippen LogP contribution < -0.4 is 10.6 Å². The minimum absolute atomic E-state index is 0.621. The number of benzene rings is 1. The first-order valence-corrected chi connectivity index (χ1v) is 6.24. The number of likely N-dealkylation sites (N-methyl/N-ethyl adjacent to an activating group) is 1. The average Bonchev–Trinajstić information content (AvgIpc) is 2.29. The van der Waals surface area contributed by atoms with Gasteiger partial charge in [-0.2, -0.15) is 0 Å². The van der Waals surface area contributed by atoms with E-state index in [-0.39, 0.29) is 0 Å². The van der Waals surface area contributed by atoms with Crippen LogP contribution in [0.4, 0.5) is 0 Å². The summed E-state index contributed by atoms with van der Waals surface area (Å²) in [4.78, 5) is 0. The first kappa shape index (κ1) is 13.2. The minimum atomic E-state index is 0.621. The molecule has 0 spiro atoms. The SMILES string of the molecule is CCNCCNCc1ccc(C(C)C)cc1. The molecule has 2 heteroatoms. The summed E-state index contributed by atoms with van der Waals surface area (Å²) in [5.41, 5.74) is 2.78. The summed E-state index contributed by atoms with van der Waals surface area (Å²) in [6, 6.07) is 8.89. The molecule has 1 rings (SSSR count). The highest BCUT2D eigenvalue weighted by Crippen LogP contribution is 2.14. The van der Waals surface area contributed by atoms with Gasteiger partial charge in [0.2, 0.25) is 0 Å². The van der Waals surface area contributed by atoms with Crippen LogP contribution in [0.2, 0.25) is 0 Å². The van der Waals surface area contributed by atoms with Gasteiger partial charge in [0.25, 0.3) is 0 Å². The predicted octanol–water partition coefficient (Wildman–Crippen LogP) is 2.51. The van der Waals surface area contributed by atoms with Crippen molar-refractivity contribution in [2.45, 2.75) is 33.2 Å². The lowest BCUT2D eigenvalue weighted by atomic mass is 10.0. The Hall–Kier alpha value is -0.860. The molecule has 0 aromatic heterocycles. The summed E-state index contributed by atoms with van der Waals surface area (Å²) >= 11 is 0. The molecule has 0 atom stereocenters. The fourth-order valence-corrected chi connectivity index (χ4v) is 1.61. The Morgan fingerprint density at radius 2 is 1.62 bits per heavy atom. The van der Waals surface area contributed by atoms with E-state index in [0.29, 0.717) is 5.92 Å². The molecule has 0 fully saturated rings. The average molecular weight is 220 g/mol. The zero-order valence-corrected chi connectivity index (χ0v) is 10.7. The Labute approximate surface area is 99.5 Å². The van der Waals surface area contributed by atoms with Crippen LogP contribution in [0.1, 0.15) is 37.8 Å². The fraction of sp³-hybridized carbons (Fsp3) is 0.571. The lowest BCUT2D eigenvalue weighted by Crippen LogP contribution is -2.26. The van der Waals surface area contributed by atoms with Crippen molar-refractivity contribution in [3.8, 4) is 0 Å². The van der Waals surface area contributed by atoms with Crippen LogP contribution in [-0.2, 0) is 6.54 Å². The van der Waals surface area contributed by atoms with Gasteiger partial charge in [-0.1, -0.05) is 45.0 Å². The summed E-state index contributed by atoms with van der Waals surface area (Å²) < 4.78 is 0. The van der Waals surface area contributed by atoms with Crippen molar-refractivity contribution in [2.75, 3.05) is 19.6 Å². The van der Waals surface area contributed by atoms with Crippen LogP contribution in [0.15, 0.2) is 24.3 Å². The van der Waals surface area contributed by atoms with Crippen LogP contribution >= 0.6 is 0 Å². The summed E-state index contributed by atoms with van der Waals surface area (Å²) in [6.45, 7) is 10.7. The van der Waals surface area contributed by atoms with Crippen LogP contribution in [0.3, 0.4) is 0 Å². The van der Waals surface area contributed by atoms with Gasteiger partial charge in [-0.3, -0.25) is 0 Å². The quantitative estimate of drug-likeness (QED) is 0.690. The second-order valence-electron chi connectivity index (χ2n) is 4.43. The van der Waals surface area contributed by atoms with Gasteiger partial charge < -0.3 is 10.6 Å². The molecule has 1 aromatic carbocycles. The smallest absolute Gasteiger partial charge is 0.0206 e. The van der Waals surface area contributed by atoms with Crippen LogP contribution in [0.5, 0.6) is 0 Å². The van der Waals surface area contributed by atoms with Gasteiger partial charge in [0.15, 0.2) is 0 Å². The highest BCUT2D eigenvalue weighted by atomic mass is 14.9. The van der Waals surface area contributed by atoms with Gasteiger partial charge in [-0.15, -0.1) is 0 Å². The van der Waals surface area contributed by atoms with Crippen molar-refractivity contribution in [1.82, 2.24) is 10.6 Å². The lowest BCUT2D eigenvalue weighted by molar-refractivity contribution is 0.625. The van der Waals surface area contributed by atoms with Gasteiger partial charge in [0.1, 0.15) is 0 Å². The summed E-state index contributed by atoms with van der Waals surface area (Å²) in [7, 11) is 0. The molecule has 90 valence electrons. The van der Waals surface area contributed by atoms with Crippen LogP contribution in [0, 0.1) is 0 Å². The highest BCUT2D eigenvalue weighted by Gasteiger charge is 1.98. The van der Waals surface area contributed by atoms with Crippen molar-refractivity contribution in [3.63, 3.8) is 0 Å². The number of hydrogen-bond acceptors (Lipinski definition) is 2. The molecule has 16 heavy (non-hydrogen) atoms. The van der Waals surface area contributed by atoms with Gasteiger partial charge in [-0.05, 0) is 23.6 Å². The molecule has 0 saturated carbocycles. The van der Waals surface area contributed by atoms with E-state index in [2.05, 4.69) is 55.7 Å². The van der Waals surface area contributed by atoms with E-state index in [0.717, 1.165) is 26.2 Å². The second-order valence-corrected chi connectivity index (χ2v) is 4.43. The third kappa shape index (κ3) is 4.77. The number of rotatable bonds is 7. The maximum Gasteiger partial charge on any atom is 0.0206 e. The summed E-state index contributed by atoms with van der Waals surface area (Å²) in [6.07, 6.45) is 0. The molecule has 0 aliphatic heterocycles. The molecule has 1 aromatic rings. The molecular formula is C14H24N2. The van der Waals surface area contributed by atoms with Gasteiger partial charge in [0, 0.05) is 19.6 Å². The van der Waals surface area contributed by atoms with E-state index in [4.69, 9.17) is 0 Å². The molecule has 0 unspecified atom stereocenters. The maximum absolute atomic E-state index is 3.42. The molecule has 0 heterocycles. The van der Waals surface area contributed by atoms with E-state index in [1.54, 1.807) is 0 Å². The molecule has 0 amide bonds. The monoisotopic (exact) mass is 220 g/mol. The molecule has 2 N–H and O–H groups in total. The third-order valence-corrected chi connectivity index (χ3v) is 2.70. The van der Waals surface area contributed by atoms with Crippen molar-refractivity contribution in [2.24, 2.45) is 0 Å². The van der Waals surface area contributed by atoms with Crippen LogP contribution in [-0.4, -0.2) is 19.6 Å². The molecular weight excluding hydrogens is 196 g/mol. The van der Waals surface area contributed by atoms with E-state index >= 15 is 0 Å². The fourth-order valence-electron chi connectivity index (χ4n) is 1.61. The molecule has 0 aliphatic carbocycles. The van der Waals surface area contributed by atoms with E-state index in [9.17, 15) is 0 Å². The Kier molecular flexibility index (Phi) is 6.12. The number of hydrogen-bond donors (Lipinski definition) is 2. The van der Waals surface area contributed by atoms with Crippen LogP contribution in [0.25, 0.3) is 0 Å². The van der Waals surface area contributed by atoms with Crippen molar-refractivity contribution in [1.29, 1.82) is 0 Å². The zero-order valence-electron chi connectivity index (χ0n) is 10.7. The Morgan fingerprint density at radius 3 is 2.19 bits per heavy atom. The molecule has 0 aliphatic rings. The first-order valence-electron chi connectivity index (χ1n) is 6.24. The van der Waals surface area contributed by atoms with Gasteiger partial charge >= 0.3 is 0 Å². The summed E-state index contributed by atoms with van der Waals surface area (Å²) in [5, 5.41) is 6.72.